The lowest BCUT2D eigenvalue weighted by Gasteiger charge is -2.61. The molecular weight excluding hydrogens is 490 g/mol. The van der Waals surface area contributed by atoms with Gasteiger partial charge in [0, 0.05) is 40.5 Å². The minimum atomic E-state index is -0.695. The number of carbonyl (C=O) groups is 3. The van der Waals surface area contributed by atoms with Crippen LogP contribution in [-0.2, 0) is 19.1 Å². The summed E-state index contributed by atoms with van der Waals surface area (Å²) in [6.07, 6.45) is 7.06. The fraction of sp³-hybridized carbons (Fsp3) is 0.655. The molecule has 1 aromatic rings. The van der Waals surface area contributed by atoms with Crippen LogP contribution in [0.4, 0.5) is 0 Å². The number of aliphatic hydroxyl groups is 1. The lowest BCUT2D eigenvalue weighted by molar-refractivity contribution is -0.205. The fourth-order valence-corrected chi connectivity index (χ4v) is 8.26. The molecule has 3 saturated carbocycles. The maximum atomic E-state index is 13.5. The first-order chi connectivity index (χ1) is 17.4. The zero-order valence-electron chi connectivity index (χ0n) is 22.5. The van der Waals surface area contributed by atoms with E-state index >= 15 is 0 Å². The van der Waals surface area contributed by atoms with Crippen LogP contribution in [0.25, 0.3) is 0 Å². The predicted octanol–water partition coefficient (Wildman–Crippen LogP) is 4.87. The first kappa shape index (κ1) is 27.8. The minimum Gasteiger partial charge on any atom is -0.465 e. The molecule has 202 valence electrons. The van der Waals surface area contributed by atoms with Crippen molar-refractivity contribution in [3.63, 3.8) is 0 Å². The van der Waals surface area contributed by atoms with Crippen molar-refractivity contribution in [3.05, 3.63) is 36.7 Å². The van der Waals surface area contributed by atoms with Crippen molar-refractivity contribution in [1.82, 2.24) is 4.98 Å². The largest absolute Gasteiger partial charge is 0.465 e. The van der Waals surface area contributed by atoms with E-state index in [-0.39, 0.29) is 34.7 Å². The van der Waals surface area contributed by atoms with Gasteiger partial charge in [-0.1, -0.05) is 33.8 Å². The number of aromatic nitrogens is 1. The van der Waals surface area contributed by atoms with E-state index in [4.69, 9.17) is 9.47 Å². The highest BCUT2D eigenvalue weighted by Gasteiger charge is 2.68. The molecule has 0 aliphatic heterocycles. The highest BCUT2D eigenvalue weighted by atomic mass is 32.2. The Morgan fingerprint density at radius 1 is 1.27 bits per heavy atom. The van der Waals surface area contributed by atoms with Crippen molar-refractivity contribution in [2.45, 2.75) is 76.9 Å². The Morgan fingerprint density at radius 2 is 2.00 bits per heavy atom. The number of ketones is 1. The molecule has 2 bridgehead atoms. The number of nitrogens with zero attached hydrogens (tertiary/aromatic N) is 1. The second-order valence-corrected chi connectivity index (χ2v) is 12.8. The molecule has 3 fully saturated rings. The average molecular weight is 530 g/mol. The molecule has 4 rings (SSSR count). The summed E-state index contributed by atoms with van der Waals surface area (Å²) >= 11 is 1.24. The van der Waals surface area contributed by atoms with Gasteiger partial charge in [0.15, 0.2) is 0 Å². The number of aliphatic hydroxyl groups excluding tert-OH is 1. The number of pyridine rings is 1. The third kappa shape index (κ3) is 4.54. The molecule has 0 amide bonds. The summed E-state index contributed by atoms with van der Waals surface area (Å²) in [4.78, 5) is 43.3. The van der Waals surface area contributed by atoms with Crippen molar-refractivity contribution in [2.75, 3.05) is 12.9 Å². The van der Waals surface area contributed by atoms with Gasteiger partial charge in [-0.25, -0.2) is 4.79 Å². The molecule has 8 heteroatoms. The Morgan fingerprint density at radius 3 is 2.68 bits per heavy atom. The van der Waals surface area contributed by atoms with E-state index in [1.807, 2.05) is 6.92 Å². The Labute approximate surface area is 223 Å². The van der Waals surface area contributed by atoms with Gasteiger partial charge in [0.05, 0.1) is 24.5 Å². The van der Waals surface area contributed by atoms with Crippen LogP contribution in [0.5, 0.6) is 0 Å². The summed E-state index contributed by atoms with van der Waals surface area (Å²) in [5, 5.41) is 11.6. The average Bonchev–Trinajstić information content (AvgIpc) is 3.25. The van der Waals surface area contributed by atoms with E-state index < -0.39 is 35.0 Å². The monoisotopic (exact) mass is 529 g/mol. The maximum Gasteiger partial charge on any atom is 0.339 e. The SMILES string of the molecule is C=C[C@]1(C)C[C@@H](OC(=O)CSc2cncc(C(=O)OC)c2)[C@]2(C)[C@H](C)CC[C@]3(CCC(=O)[C@H]32)[C@@H](C)[C@@H]1O. The van der Waals surface area contributed by atoms with E-state index in [0.29, 0.717) is 23.3 Å². The molecule has 37 heavy (non-hydrogen) atoms. The second kappa shape index (κ2) is 10.2. The van der Waals surface area contributed by atoms with Crippen molar-refractivity contribution in [2.24, 2.45) is 34.0 Å². The third-order valence-electron chi connectivity index (χ3n) is 10.1. The fourth-order valence-electron chi connectivity index (χ4n) is 7.56. The van der Waals surface area contributed by atoms with Gasteiger partial charge in [0.2, 0.25) is 0 Å². The molecule has 0 unspecified atom stereocenters. The van der Waals surface area contributed by atoms with E-state index in [1.165, 1.54) is 25.1 Å². The number of esters is 2. The molecule has 3 aliphatic rings. The van der Waals surface area contributed by atoms with Crippen LogP contribution in [-0.4, -0.2) is 52.9 Å². The van der Waals surface area contributed by atoms with Gasteiger partial charge in [0.25, 0.3) is 0 Å². The van der Waals surface area contributed by atoms with E-state index in [2.05, 4.69) is 32.3 Å². The molecule has 3 aliphatic carbocycles. The number of hydrogen-bond acceptors (Lipinski definition) is 8. The minimum absolute atomic E-state index is 0.0286. The number of carbonyl (C=O) groups excluding carboxylic acids is 3. The lowest BCUT2D eigenvalue weighted by Crippen LogP contribution is -2.63. The zero-order chi connectivity index (χ0) is 27.2. The summed E-state index contributed by atoms with van der Waals surface area (Å²) in [6.45, 7) is 12.4. The summed E-state index contributed by atoms with van der Waals surface area (Å²) in [7, 11) is 1.31. The van der Waals surface area contributed by atoms with Gasteiger partial charge in [0.1, 0.15) is 11.9 Å². The number of Topliss-reactive ketones (excluding diaryl/α,β-unsaturated/α-hetero) is 1. The van der Waals surface area contributed by atoms with Crippen molar-refractivity contribution in [3.8, 4) is 0 Å². The molecule has 7 nitrogen and oxygen atoms in total. The van der Waals surface area contributed by atoms with Gasteiger partial charge in [-0.2, -0.15) is 0 Å². The van der Waals surface area contributed by atoms with Crippen LogP contribution in [0.2, 0.25) is 0 Å². The molecule has 8 atom stereocenters. The summed E-state index contributed by atoms with van der Waals surface area (Å²) in [6, 6.07) is 1.63. The standard InChI is InChI=1S/C29H39NO6S/c1-7-27(4)13-22(36-23(32)16-37-20-12-19(14-30-15-20)26(34)35-6)28(5)17(2)8-10-29(18(3)25(27)33)11-9-21(31)24(28)29/h7,12,14-15,17-18,22,24-25,33H,1,8-11,13,16H2,2-6H3/t17-,18+,22-,24+,25+,27-,28+,29+/m1/s1. The van der Waals surface area contributed by atoms with Crippen LogP contribution in [0.15, 0.2) is 36.0 Å². The van der Waals surface area contributed by atoms with Gasteiger partial charge in [-0.05, 0) is 49.0 Å². The van der Waals surface area contributed by atoms with E-state index in [0.717, 1.165) is 19.3 Å². The zero-order valence-corrected chi connectivity index (χ0v) is 23.3. The third-order valence-corrected chi connectivity index (χ3v) is 11.0. The first-order valence-electron chi connectivity index (χ1n) is 13.1. The first-order valence-corrected chi connectivity index (χ1v) is 14.1. The number of hydrogen-bond donors (Lipinski definition) is 1. The molecule has 0 aromatic carbocycles. The van der Waals surface area contributed by atoms with Crippen LogP contribution in [0.3, 0.4) is 0 Å². The van der Waals surface area contributed by atoms with Crippen LogP contribution < -0.4 is 0 Å². The summed E-state index contributed by atoms with van der Waals surface area (Å²) in [5.41, 5.74) is -1.21. The maximum absolute atomic E-state index is 13.5. The molecule has 1 heterocycles. The predicted molar refractivity (Wildman–Crippen MR) is 141 cm³/mol. The highest BCUT2D eigenvalue weighted by Crippen LogP contribution is 2.68. The molecular formula is C29H39NO6S. The molecule has 0 radical (unpaired) electrons. The topological polar surface area (TPSA) is 103 Å². The van der Waals surface area contributed by atoms with Gasteiger partial charge < -0.3 is 14.6 Å². The number of rotatable bonds is 6. The van der Waals surface area contributed by atoms with Gasteiger partial charge in [-0.3, -0.25) is 14.6 Å². The smallest absolute Gasteiger partial charge is 0.339 e. The van der Waals surface area contributed by atoms with Crippen LogP contribution in [0.1, 0.15) is 70.2 Å². The van der Waals surface area contributed by atoms with E-state index in [9.17, 15) is 19.5 Å². The quantitative estimate of drug-likeness (QED) is 0.316. The number of thioether (sulfide) groups is 1. The Balaban J connectivity index is 1.64. The summed E-state index contributed by atoms with van der Waals surface area (Å²) < 4.78 is 11.0. The molecule has 0 spiro atoms. The number of methoxy groups -OCH3 is 1. The molecule has 1 aromatic heterocycles. The lowest BCUT2D eigenvalue weighted by atomic mass is 9.44. The Hall–Kier alpha value is -2.19. The second-order valence-electron chi connectivity index (χ2n) is 11.8. The van der Waals surface area contributed by atoms with Crippen molar-refractivity contribution < 1.29 is 29.0 Å². The Kier molecular flexibility index (Phi) is 7.65. The van der Waals surface area contributed by atoms with E-state index in [1.54, 1.807) is 18.3 Å². The normalized spacial score (nSPS) is 39.2. The van der Waals surface area contributed by atoms with Gasteiger partial charge in [-0.15, -0.1) is 18.3 Å². The van der Waals surface area contributed by atoms with Crippen LogP contribution >= 0.6 is 11.8 Å². The number of ether oxygens (including phenoxy) is 2. The van der Waals surface area contributed by atoms with Crippen LogP contribution in [0, 0.1) is 34.0 Å². The molecule has 0 saturated heterocycles. The Bertz CT molecular complexity index is 1090. The summed E-state index contributed by atoms with van der Waals surface area (Å²) in [5.74, 6) is -0.780. The van der Waals surface area contributed by atoms with Crippen molar-refractivity contribution >= 4 is 29.5 Å². The van der Waals surface area contributed by atoms with Crippen molar-refractivity contribution in [1.29, 1.82) is 0 Å². The highest BCUT2D eigenvalue weighted by molar-refractivity contribution is 8.00. The molecule has 1 N–H and O–H groups in total. The van der Waals surface area contributed by atoms with Gasteiger partial charge >= 0.3 is 11.9 Å².